The van der Waals surface area contributed by atoms with E-state index in [-0.39, 0.29) is 37.6 Å². The molecule has 0 aromatic heterocycles. The Bertz CT molecular complexity index is 985. The van der Waals surface area contributed by atoms with Gasteiger partial charge in [-0.2, -0.15) is 0 Å². The monoisotopic (exact) mass is 457 g/mol. The summed E-state index contributed by atoms with van der Waals surface area (Å²) < 4.78 is 18.7. The number of urea groups is 1. The van der Waals surface area contributed by atoms with Crippen LogP contribution in [0.3, 0.4) is 0 Å². The van der Waals surface area contributed by atoms with E-state index in [1.54, 1.807) is 37.4 Å². The van der Waals surface area contributed by atoms with Gasteiger partial charge in [-0.05, 0) is 42.3 Å². The van der Waals surface area contributed by atoms with Gasteiger partial charge in [-0.25, -0.2) is 9.18 Å². The van der Waals surface area contributed by atoms with Crippen molar-refractivity contribution in [3.05, 3.63) is 59.9 Å². The molecule has 1 aliphatic rings. The Morgan fingerprint density at radius 2 is 1.85 bits per heavy atom. The minimum Gasteiger partial charge on any atom is -0.497 e. The molecule has 1 heterocycles. The second-order valence-corrected chi connectivity index (χ2v) is 7.55. The van der Waals surface area contributed by atoms with Gasteiger partial charge in [0.1, 0.15) is 11.6 Å². The summed E-state index contributed by atoms with van der Waals surface area (Å²) in [6.45, 7) is 0.997. The largest absolute Gasteiger partial charge is 0.497 e. The lowest BCUT2D eigenvalue weighted by molar-refractivity contribution is -0.148. The average Bonchev–Trinajstić information content (AvgIpc) is 2.82. The van der Waals surface area contributed by atoms with Crippen molar-refractivity contribution in [2.24, 2.45) is 5.73 Å². The van der Waals surface area contributed by atoms with Gasteiger partial charge in [0.2, 0.25) is 5.91 Å². The topological polar surface area (TPSA) is 117 Å². The number of carbonyl (C=O) groups excluding carboxylic acids is 3. The first-order chi connectivity index (χ1) is 15.9. The molecule has 1 saturated heterocycles. The molecule has 0 aliphatic carbocycles. The second kappa shape index (κ2) is 11.3. The van der Waals surface area contributed by atoms with E-state index in [2.05, 4.69) is 10.6 Å². The van der Waals surface area contributed by atoms with Gasteiger partial charge in [-0.15, -0.1) is 0 Å². The molecule has 10 heteroatoms. The van der Waals surface area contributed by atoms with Crippen LogP contribution in [-0.4, -0.2) is 67.1 Å². The third kappa shape index (κ3) is 6.19. The molecule has 9 nitrogen and oxygen atoms in total. The lowest BCUT2D eigenvalue weighted by Gasteiger charge is -2.42. The quantitative estimate of drug-likeness (QED) is 0.583. The summed E-state index contributed by atoms with van der Waals surface area (Å²) >= 11 is 0. The Labute approximate surface area is 191 Å². The van der Waals surface area contributed by atoms with Gasteiger partial charge < -0.3 is 26.0 Å². The average molecular weight is 458 g/mol. The first kappa shape index (κ1) is 24.0. The van der Waals surface area contributed by atoms with Gasteiger partial charge in [0.05, 0.1) is 13.5 Å². The molecule has 0 radical (unpaired) electrons. The third-order valence-electron chi connectivity index (χ3n) is 5.24. The predicted molar refractivity (Wildman–Crippen MR) is 121 cm³/mol. The van der Waals surface area contributed by atoms with Gasteiger partial charge in [-0.1, -0.05) is 18.2 Å². The Hall–Kier alpha value is -3.66. The summed E-state index contributed by atoms with van der Waals surface area (Å²) in [7, 11) is 1.56. The summed E-state index contributed by atoms with van der Waals surface area (Å²) in [5.74, 6) is -0.627. The zero-order valence-corrected chi connectivity index (χ0v) is 18.4. The molecule has 2 aromatic rings. The van der Waals surface area contributed by atoms with Crippen molar-refractivity contribution in [1.82, 2.24) is 15.1 Å². The van der Waals surface area contributed by atoms with Crippen LogP contribution in [-0.2, 0) is 16.0 Å². The molecule has 176 valence electrons. The fraction of sp³-hybridized carbons (Fsp3) is 0.348. The van der Waals surface area contributed by atoms with Crippen LogP contribution < -0.4 is 21.1 Å². The molecular formula is C23H28FN5O4. The maximum Gasteiger partial charge on any atom is 0.323 e. The fourth-order valence-corrected chi connectivity index (χ4v) is 3.65. The Kier molecular flexibility index (Phi) is 8.20. The number of nitrogens with one attached hydrogen (secondary N) is 2. The van der Waals surface area contributed by atoms with Crippen molar-refractivity contribution >= 4 is 23.5 Å². The number of amides is 4. The van der Waals surface area contributed by atoms with E-state index >= 15 is 0 Å². The number of halogens is 1. The van der Waals surface area contributed by atoms with Gasteiger partial charge >= 0.3 is 6.03 Å². The standard InChI is InChI=1S/C23H28FN5O4/c1-33-19-8-6-16(7-9-19)14-20(30)28-12-3-13-29(22(28)21(31)26-11-10-25)23(32)27-18-5-2-4-17(24)15-18/h2,4-9,15,22H,3,10-14,25H2,1H3,(H,26,31)(H,27,32). The van der Waals surface area contributed by atoms with Crippen LogP contribution in [0.15, 0.2) is 48.5 Å². The van der Waals surface area contributed by atoms with Crippen LogP contribution >= 0.6 is 0 Å². The lowest BCUT2D eigenvalue weighted by atomic mass is 10.1. The number of benzene rings is 2. The van der Waals surface area contributed by atoms with E-state index < -0.39 is 23.9 Å². The SMILES string of the molecule is COc1ccc(CC(=O)N2CCCN(C(=O)Nc3cccc(F)c3)C2C(=O)NCCN)cc1. The van der Waals surface area contributed by atoms with Crippen LogP contribution in [0.5, 0.6) is 5.75 Å². The number of ether oxygens (including phenoxy) is 1. The highest BCUT2D eigenvalue weighted by Gasteiger charge is 2.40. The van der Waals surface area contributed by atoms with Crippen molar-refractivity contribution in [3.8, 4) is 5.75 Å². The molecule has 0 saturated carbocycles. The number of anilines is 1. The molecule has 1 aliphatic heterocycles. The van der Waals surface area contributed by atoms with Gasteiger partial charge in [0.15, 0.2) is 6.17 Å². The highest BCUT2D eigenvalue weighted by atomic mass is 19.1. The van der Waals surface area contributed by atoms with Gasteiger partial charge in [0, 0.05) is 31.9 Å². The van der Waals surface area contributed by atoms with E-state index in [1.807, 2.05) is 0 Å². The Morgan fingerprint density at radius 1 is 1.12 bits per heavy atom. The summed E-state index contributed by atoms with van der Waals surface area (Å²) in [6, 6.07) is 11.9. The number of rotatable bonds is 7. The van der Waals surface area contributed by atoms with E-state index in [4.69, 9.17) is 10.5 Å². The van der Waals surface area contributed by atoms with Crippen LogP contribution in [0.2, 0.25) is 0 Å². The number of hydrogen-bond donors (Lipinski definition) is 3. The highest BCUT2D eigenvalue weighted by Crippen LogP contribution is 2.20. The Balaban J connectivity index is 1.80. The van der Waals surface area contributed by atoms with Crippen LogP contribution in [0.1, 0.15) is 12.0 Å². The van der Waals surface area contributed by atoms with E-state index in [0.717, 1.165) is 5.56 Å². The smallest absolute Gasteiger partial charge is 0.323 e. The van der Waals surface area contributed by atoms with Crippen molar-refractivity contribution in [3.63, 3.8) is 0 Å². The summed E-state index contributed by atoms with van der Waals surface area (Å²) in [5.41, 5.74) is 6.51. The zero-order chi connectivity index (χ0) is 23.8. The third-order valence-corrected chi connectivity index (χ3v) is 5.24. The van der Waals surface area contributed by atoms with Crippen molar-refractivity contribution in [1.29, 1.82) is 0 Å². The normalized spacial score (nSPS) is 15.7. The van der Waals surface area contributed by atoms with Crippen LogP contribution in [0.25, 0.3) is 0 Å². The number of nitrogens with two attached hydrogens (primary N) is 1. The van der Waals surface area contributed by atoms with E-state index in [1.165, 1.54) is 28.0 Å². The maximum atomic E-state index is 13.5. The molecule has 4 N–H and O–H groups in total. The number of nitrogens with zero attached hydrogens (tertiary/aromatic N) is 2. The van der Waals surface area contributed by atoms with Crippen molar-refractivity contribution < 1.29 is 23.5 Å². The van der Waals surface area contributed by atoms with Gasteiger partial charge in [0.25, 0.3) is 5.91 Å². The molecule has 4 amide bonds. The number of methoxy groups -OCH3 is 1. The molecule has 0 spiro atoms. The number of carbonyl (C=O) groups is 3. The summed E-state index contributed by atoms with van der Waals surface area (Å²) in [5, 5.41) is 5.27. The van der Waals surface area contributed by atoms with Crippen LogP contribution in [0, 0.1) is 5.82 Å². The molecule has 1 atom stereocenters. The molecule has 2 aromatic carbocycles. The Morgan fingerprint density at radius 3 is 2.52 bits per heavy atom. The van der Waals surface area contributed by atoms with E-state index in [9.17, 15) is 18.8 Å². The molecular weight excluding hydrogens is 429 g/mol. The fourth-order valence-electron chi connectivity index (χ4n) is 3.65. The zero-order valence-electron chi connectivity index (χ0n) is 18.4. The molecule has 33 heavy (non-hydrogen) atoms. The molecule has 1 unspecified atom stereocenters. The van der Waals surface area contributed by atoms with Crippen LogP contribution in [0.4, 0.5) is 14.9 Å². The minimum atomic E-state index is -1.15. The minimum absolute atomic E-state index is 0.0595. The van der Waals surface area contributed by atoms with Crippen molar-refractivity contribution in [2.45, 2.75) is 19.0 Å². The number of hydrogen-bond acceptors (Lipinski definition) is 5. The maximum absolute atomic E-state index is 13.5. The second-order valence-electron chi connectivity index (χ2n) is 7.55. The lowest BCUT2D eigenvalue weighted by Crippen LogP contribution is -2.64. The first-order valence-electron chi connectivity index (χ1n) is 10.7. The predicted octanol–water partition coefficient (Wildman–Crippen LogP) is 1.54. The van der Waals surface area contributed by atoms with Gasteiger partial charge in [-0.3, -0.25) is 14.5 Å². The highest BCUT2D eigenvalue weighted by molar-refractivity contribution is 5.96. The molecule has 0 bridgehead atoms. The van der Waals surface area contributed by atoms with Crippen molar-refractivity contribution in [2.75, 3.05) is 38.6 Å². The van der Waals surface area contributed by atoms with E-state index in [0.29, 0.717) is 18.7 Å². The molecule has 3 rings (SSSR count). The summed E-state index contributed by atoms with van der Waals surface area (Å²) in [6.07, 6.45) is -0.597. The first-order valence-corrected chi connectivity index (χ1v) is 10.7. The summed E-state index contributed by atoms with van der Waals surface area (Å²) in [4.78, 5) is 41.8. The molecule has 1 fully saturated rings.